The third-order valence-corrected chi connectivity index (χ3v) is 6.43. The van der Waals surface area contributed by atoms with Crippen LogP contribution in [0.2, 0.25) is 0 Å². The molecule has 0 bridgehead atoms. The number of ketones is 1. The van der Waals surface area contributed by atoms with Crippen LogP contribution in [0.4, 0.5) is 0 Å². The Morgan fingerprint density at radius 2 is 1.69 bits per heavy atom. The lowest BCUT2D eigenvalue weighted by Crippen LogP contribution is -2.38. The fourth-order valence-corrected chi connectivity index (χ4v) is 4.54. The fourth-order valence-electron chi connectivity index (χ4n) is 4.54. The summed E-state index contributed by atoms with van der Waals surface area (Å²) in [6.45, 7) is 0.227. The number of carbonyl (C=O) groups excluding carboxylic acids is 2. The molecule has 0 radical (unpaired) electrons. The SMILES string of the molecule is O=C(CCn1c2c(c(=O)[nH]c1=O)CCCC2)NCC(=O)c1ccc(-c2ccc3c(c2)OCO3)cc1. The summed E-state index contributed by atoms with van der Waals surface area (Å²) in [6.07, 6.45) is 3.14. The number of amides is 1. The Kier molecular flexibility index (Phi) is 6.22. The molecular formula is C26H25N3O6. The number of rotatable bonds is 7. The lowest BCUT2D eigenvalue weighted by atomic mass is 9.97. The molecule has 35 heavy (non-hydrogen) atoms. The van der Waals surface area contributed by atoms with Gasteiger partial charge >= 0.3 is 5.69 Å². The number of carbonyl (C=O) groups is 2. The predicted molar refractivity (Wildman–Crippen MR) is 128 cm³/mol. The van der Waals surface area contributed by atoms with E-state index in [0.717, 1.165) is 29.7 Å². The molecule has 2 aliphatic rings. The van der Waals surface area contributed by atoms with E-state index >= 15 is 0 Å². The molecule has 1 aliphatic heterocycles. The van der Waals surface area contributed by atoms with Gasteiger partial charge in [0, 0.05) is 29.8 Å². The van der Waals surface area contributed by atoms with Gasteiger partial charge in [0.1, 0.15) is 0 Å². The molecule has 2 heterocycles. The Labute approximate surface area is 200 Å². The molecule has 0 spiro atoms. The van der Waals surface area contributed by atoms with Crippen molar-refractivity contribution in [1.29, 1.82) is 0 Å². The maximum absolute atomic E-state index is 12.6. The number of nitrogens with zero attached hydrogens (tertiary/aromatic N) is 1. The highest BCUT2D eigenvalue weighted by Gasteiger charge is 2.19. The van der Waals surface area contributed by atoms with Crippen LogP contribution in [0.25, 0.3) is 11.1 Å². The standard InChI is InChI=1S/C26H25N3O6/c30-21(17-7-5-16(6-8-17)18-9-10-22-23(13-18)35-15-34-22)14-27-24(31)11-12-29-20-4-2-1-3-19(20)25(32)28-26(29)33/h5-10,13H,1-4,11-12,14-15H2,(H,27,31)(H,28,32,33). The number of aromatic amines is 1. The van der Waals surface area contributed by atoms with Gasteiger partial charge in [-0.1, -0.05) is 30.3 Å². The van der Waals surface area contributed by atoms with Gasteiger partial charge in [0.2, 0.25) is 12.7 Å². The minimum atomic E-state index is -0.498. The number of hydrogen-bond acceptors (Lipinski definition) is 6. The summed E-state index contributed by atoms with van der Waals surface area (Å²) in [4.78, 5) is 51.6. The minimum Gasteiger partial charge on any atom is -0.454 e. The van der Waals surface area contributed by atoms with Crippen molar-refractivity contribution in [2.75, 3.05) is 13.3 Å². The molecule has 0 saturated heterocycles. The van der Waals surface area contributed by atoms with E-state index < -0.39 is 5.69 Å². The van der Waals surface area contributed by atoms with E-state index in [2.05, 4.69) is 10.3 Å². The lowest BCUT2D eigenvalue weighted by Gasteiger charge is -2.19. The summed E-state index contributed by atoms with van der Waals surface area (Å²) in [5.41, 5.74) is 2.88. The number of H-pyrrole nitrogens is 1. The normalized spacial score (nSPS) is 13.8. The van der Waals surface area contributed by atoms with E-state index in [0.29, 0.717) is 35.5 Å². The highest BCUT2D eigenvalue weighted by molar-refractivity contribution is 5.99. The van der Waals surface area contributed by atoms with Gasteiger partial charge in [-0.05, 0) is 48.9 Å². The summed E-state index contributed by atoms with van der Waals surface area (Å²) < 4.78 is 12.2. The number of fused-ring (bicyclic) bond motifs is 2. The summed E-state index contributed by atoms with van der Waals surface area (Å²) in [6, 6.07) is 12.8. The van der Waals surface area contributed by atoms with Crippen molar-refractivity contribution in [3.8, 4) is 22.6 Å². The zero-order valence-electron chi connectivity index (χ0n) is 19.1. The maximum Gasteiger partial charge on any atom is 0.328 e. The lowest BCUT2D eigenvalue weighted by molar-refractivity contribution is -0.121. The van der Waals surface area contributed by atoms with Crippen LogP contribution in [0.15, 0.2) is 52.1 Å². The van der Waals surface area contributed by atoms with Crippen LogP contribution in [0.1, 0.15) is 40.9 Å². The molecule has 180 valence electrons. The Balaban J connectivity index is 1.17. The van der Waals surface area contributed by atoms with E-state index in [9.17, 15) is 19.2 Å². The molecule has 0 fully saturated rings. The molecule has 9 nitrogen and oxygen atoms in total. The van der Waals surface area contributed by atoms with Gasteiger partial charge in [0.15, 0.2) is 17.3 Å². The predicted octanol–water partition coefficient (Wildman–Crippen LogP) is 2.20. The van der Waals surface area contributed by atoms with E-state index in [1.807, 2.05) is 30.3 Å². The first-order valence-corrected chi connectivity index (χ1v) is 11.6. The zero-order valence-corrected chi connectivity index (χ0v) is 19.1. The van der Waals surface area contributed by atoms with Gasteiger partial charge in [-0.3, -0.25) is 23.9 Å². The van der Waals surface area contributed by atoms with Crippen molar-refractivity contribution in [3.05, 3.63) is 80.1 Å². The van der Waals surface area contributed by atoms with Crippen molar-refractivity contribution in [2.24, 2.45) is 0 Å². The largest absolute Gasteiger partial charge is 0.454 e. The van der Waals surface area contributed by atoms with Gasteiger partial charge in [-0.15, -0.1) is 0 Å². The van der Waals surface area contributed by atoms with Crippen molar-refractivity contribution in [2.45, 2.75) is 38.6 Å². The molecule has 1 aromatic heterocycles. The number of hydrogen-bond donors (Lipinski definition) is 2. The van der Waals surface area contributed by atoms with E-state index in [1.54, 1.807) is 12.1 Å². The molecule has 1 aliphatic carbocycles. The van der Waals surface area contributed by atoms with Crippen LogP contribution in [0.5, 0.6) is 11.5 Å². The summed E-state index contributed by atoms with van der Waals surface area (Å²) in [5, 5.41) is 2.63. The average molecular weight is 476 g/mol. The first-order valence-electron chi connectivity index (χ1n) is 11.6. The molecule has 3 aromatic rings. The topological polar surface area (TPSA) is 119 Å². The maximum atomic E-state index is 12.6. The summed E-state index contributed by atoms with van der Waals surface area (Å²) in [5.74, 6) is 0.851. The monoisotopic (exact) mass is 475 g/mol. The molecule has 0 atom stereocenters. The second-order valence-electron chi connectivity index (χ2n) is 8.64. The first-order chi connectivity index (χ1) is 17.0. The Hall–Kier alpha value is -4.14. The molecule has 0 unspecified atom stereocenters. The van der Waals surface area contributed by atoms with Gasteiger partial charge in [-0.2, -0.15) is 0 Å². The van der Waals surface area contributed by atoms with Crippen molar-refractivity contribution in [1.82, 2.24) is 14.9 Å². The fraction of sp³-hybridized carbons (Fsp3) is 0.308. The van der Waals surface area contributed by atoms with E-state index in [-0.39, 0.29) is 43.6 Å². The third-order valence-electron chi connectivity index (χ3n) is 6.43. The first kappa shape index (κ1) is 22.6. The van der Waals surface area contributed by atoms with Gasteiger partial charge in [0.25, 0.3) is 5.56 Å². The molecule has 0 saturated carbocycles. The van der Waals surface area contributed by atoms with Crippen molar-refractivity contribution in [3.63, 3.8) is 0 Å². The smallest absolute Gasteiger partial charge is 0.328 e. The Morgan fingerprint density at radius 1 is 0.943 bits per heavy atom. The van der Waals surface area contributed by atoms with Crippen LogP contribution in [0, 0.1) is 0 Å². The van der Waals surface area contributed by atoms with E-state index in [4.69, 9.17) is 9.47 Å². The number of ether oxygens (including phenoxy) is 2. The van der Waals surface area contributed by atoms with Crippen LogP contribution in [0.3, 0.4) is 0 Å². The molecule has 2 N–H and O–H groups in total. The number of nitrogens with one attached hydrogen (secondary N) is 2. The van der Waals surface area contributed by atoms with Crippen LogP contribution < -0.4 is 26.0 Å². The van der Waals surface area contributed by atoms with Crippen molar-refractivity contribution < 1.29 is 19.1 Å². The molecule has 5 rings (SSSR count). The second kappa shape index (κ2) is 9.61. The summed E-state index contributed by atoms with van der Waals surface area (Å²) in [7, 11) is 0. The third kappa shape index (κ3) is 4.75. The second-order valence-corrected chi connectivity index (χ2v) is 8.64. The van der Waals surface area contributed by atoms with Gasteiger partial charge in [-0.25, -0.2) is 4.79 Å². The molecule has 9 heteroatoms. The Morgan fingerprint density at radius 3 is 2.51 bits per heavy atom. The molecule has 1 amide bonds. The van der Waals surface area contributed by atoms with E-state index in [1.165, 1.54) is 4.57 Å². The number of benzene rings is 2. The number of Topliss-reactive ketones (excluding diaryl/α,β-unsaturated/α-hetero) is 1. The Bertz CT molecular complexity index is 1400. The minimum absolute atomic E-state index is 0.0364. The highest BCUT2D eigenvalue weighted by Crippen LogP contribution is 2.35. The van der Waals surface area contributed by atoms with Crippen LogP contribution in [-0.2, 0) is 24.2 Å². The number of aromatic nitrogens is 2. The van der Waals surface area contributed by atoms with Crippen LogP contribution >= 0.6 is 0 Å². The van der Waals surface area contributed by atoms with Gasteiger partial charge in [0.05, 0.1) is 6.54 Å². The van der Waals surface area contributed by atoms with Crippen LogP contribution in [-0.4, -0.2) is 34.6 Å². The zero-order chi connectivity index (χ0) is 24.4. The molecule has 2 aromatic carbocycles. The van der Waals surface area contributed by atoms with Gasteiger partial charge < -0.3 is 14.8 Å². The average Bonchev–Trinajstić information content (AvgIpc) is 3.35. The molecular weight excluding hydrogens is 450 g/mol. The van der Waals surface area contributed by atoms with Crippen molar-refractivity contribution >= 4 is 11.7 Å². The quantitative estimate of drug-likeness (QED) is 0.506. The summed E-state index contributed by atoms with van der Waals surface area (Å²) >= 11 is 0. The highest BCUT2D eigenvalue weighted by atomic mass is 16.7.